The SMILES string of the molecule is Cc1cnc(-c2nncn2CC(C)C)cn1. The van der Waals surface area contributed by atoms with Crippen molar-refractivity contribution in [2.24, 2.45) is 5.92 Å². The average molecular weight is 217 g/mol. The Bertz CT molecular complexity index is 457. The molecule has 2 heterocycles. The Morgan fingerprint density at radius 2 is 2.06 bits per heavy atom. The smallest absolute Gasteiger partial charge is 0.184 e. The van der Waals surface area contributed by atoms with Gasteiger partial charge >= 0.3 is 0 Å². The Hall–Kier alpha value is -1.78. The first-order valence-corrected chi connectivity index (χ1v) is 5.33. The molecule has 5 heteroatoms. The van der Waals surface area contributed by atoms with Crippen molar-refractivity contribution >= 4 is 0 Å². The van der Waals surface area contributed by atoms with E-state index in [1.807, 2.05) is 11.5 Å². The van der Waals surface area contributed by atoms with Crippen LogP contribution in [0.2, 0.25) is 0 Å². The van der Waals surface area contributed by atoms with Gasteiger partial charge in [0.2, 0.25) is 0 Å². The van der Waals surface area contributed by atoms with Crippen molar-refractivity contribution in [1.82, 2.24) is 24.7 Å². The number of hydrogen-bond acceptors (Lipinski definition) is 4. The van der Waals surface area contributed by atoms with Crippen molar-refractivity contribution in [1.29, 1.82) is 0 Å². The molecule has 0 saturated heterocycles. The van der Waals surface area contributed by atoms with Crippen LogP contribution in [0.3, 0.4) is 0 Å². The molecule has 0 radical (unpaired) electrons. The molecular formula is C11H15N5. The topological polar surface area (TPSA) is 56.5 Å². The molecule has 0 saturated carbocycles. The maximum Gasteiger partial charge on any atom is 0.184 e. The van der Waals surface area contributed by atoms with Gasteiger partial charge in [-0.05, 0) is 12.8 Å². The first-order chi connectivity index (χ1) is 7.66. The van der Waals surface area contributed by atoms with Gasteiger partial charge in [-0.3, -0.25) is 4.98 Å². The van der Waals surface area contributed by atoms with Crippen molar-refractivity contribution in [2.75, 3.05) is 0 Å². The van der Waals surface area contributed by atoms with Gasteiger partial charge in [0.15, 0.2) is 5.82 Å². The molecule has 0 spiro atoms. The lowest BCUT2D eigenvalue weighted by Crippen LogP contribution is -2.06. The quantitative estimate of drug-likeness (QED) is 0.785. The van der Waals surface area contributed by atoms with Crippen molar-refractivity contribution in [2.45, 2.75) is 27.3 Å². The summed E-state index contributed by atoms with van der Waals surface area (Å²) in [6.45, 7) is 7.11. The van der Waals surface area contributed by atoms with Gasteiger partial charge in [-0.1, -0.05) is 13.8 Å². The summed E-state index contributed by atoms with van der Waals surface area (Å²) in [5.74, 6) is 1.33. The van der Waals surface area contributed by atoms with E-state index in [1.54, 1.807) is 18.7 Å². The highest BCUT2D eigenvalue weighted by Gasteiger charge is 2.09. The summed E-state index contributed by atoms with van der Waals surface area (Å²) >= 11 is 0. The Labute approximate surface area is 94.6 Å². The first-order valence-electron chi connectivity index (χ1n) is 5.33. The molecule has 2 aromatic rings. The van der Waals surface area contributed by atoms with Gasteiger partial charge in [0.1, 0.15) is 12.0 Å². The fourth-order valence-corrected chi connectivity index (χ4v) is 1.49. The van der Waals surface area contributed by atoms with Crippen LogP contribution in [0.4, 0.5) is 0 Å². The fraction of sp³-hybridized carbons (Fsp3) is 0.455. The molecule has 0 aliphatic carbocycles. The Kier molecular flexibility index (Phi) is 2.94. The second-order valence-electron chi connectivity index (χ2n) is 4.24. The molecule has 0 N–H and O–H groups in total. The number of aromatic nitrogens is 5. The maximum atomic E-state index is 4.30. The minimum absolute atomic E-state index is 0.549. The predicted octanol–water partition coefficient (Wildman–Crippen LogP) is 1.70. The molecule has 0 aromatic carbocycles. The third-order valence-corrected chi connectivity index (χ3v) is 2.19. The summed E-state index contributed by atoms with van der Waals surface area (Å²) in [7, 11) is 0. The number of nitrogens with zero attached hydrogens (tertiary/aromatic N) is 5. The van der Waals surface area contributed by atoms with Gasteiger partial charge in [-0.15, -0.1) is 10.2 Å². The number of hydrogen-bond donors (Lipinski definition) is 0. The molecule has 2 aromatic heterocycles. The summed E-state index contributed by atoms with van der Waals surface area (Å²) < 4.78 is 2.00. The Morgan fingerprint density at radius 1 is 1.25 bits per heavy atom. The van der Waals surface area contributed by atoms with E-state index in [0.717, 1.165) is 23.8 Å². The van der Waals surface area contributed by atoms with E-state index in [2.05, 4.69) is 34.0 Å². The third-order valence-electron chi connectivity index (χ3n) is 2.19. The van der Waals surface area contributed by atoms with Crippen LogP contribution in [-0.4, -0.2) is 24.7 Å². The molecule has 0 fully saturated rings. The Morgan fingerprint density at radius 3 is 2.69 bits per heavy atom. The van der Waals surface area contributed by atoms with Crippen LogP contribution >= 0.6 is 0 Å². The zero-order valence-corrected chi connectivity index (χ0v) is 9.75. The largest absolute Gasteiger partial charge is 0.312 e. The van der Waals surface area contributed by atoms with Gasteiger partial charge in [-0.2, -0.15) is 0 Å². The molecule has 0 aliphatic rings. The van der Waals surface area contributed by atoms with Crippen LogP contribution in [0.25, 0.3) is 11.5 Å². The molecule has 0 unspecified atom stereocenters. The number of aryl methyl sites for hydroxylation is 1. The van der Waals surface area contributed by atoms with Crippen LogP contribution < -0.4 is 0 Å². The molecule has 84 valence electrons. The van der Waals surface area contributed by atoms with Crippen molar-refractivity contribution < 1.29 is 0 Å². The first kappa shape index (κ1) is 10.7. The average Bonchev–Trinajstić information content (AvgIpc) is 2.66. The standard InChI is InChI=1S/C11H15N5/c1-8(2)6-16-7-14-15-11(16)10-5-12-9(3)4-13-10/h4-5,7-8H,6H2,1-3H3. The summed E-state index contributed by atoms with van der Waals surface area (Å²) in [5, 5.41) is 8.00. The van der Waals surface area contributed by atoms with Gasteiger partial charge in [0.05, 0.1) is 11.9 Å². The highest BCUT2D eigenvalue weighted by atomic mass is 15.3. The van der Waals surface area contributed by atoms with Crippen LogP contribution in [0, 0.1) is 12.8 Å². The van der Waals surface area contributed by atoms with Crippen molar-refractivity contribution in [3.8, 4) is 11.5 Å². The van der Waals surface area contributed by atoms with E-state index in [0.29, 0.717) is 5.92 Å². The summed E-state index contributed by atoms with van der Waals surface area (Å²) in [4.78, 5) is 8.51. The summed E-state index contributed by atoms with van der Waals surface area (Å²) in [5.41, 5.74) is 1.67. The fourth-order valence-electron chi connectivity index (χ4n) is 1.49. The molecule has 0 amide bonds. The zero-order chi connectivity index (χ0) is 11.5. The molecular weight excluding hydrogens is 202 g/mol. The van der Waals surface area contributed by atoms with E-state index in [-0.39, 0.29) is 0 Å². The second kappa shape index (κ2) is 4.38. The van der Waals surface area contributed by atoms with E-state index in [1.165, 1.54) is 0 Å². The minimum atomic E-state index is 0.549. The highest BCUT2D eigenvalue weighted by molar-refractivity contribution is 5.46. The molecule has 0 aliphatic heterocycles. The van der Waals surface area contributed by atoms with Gasteiger partial charge in [-0.25, -0.2) is 4.98 Å². The van der Waals surface area contributed by atoms with Crippen LogP contribution in [0.1, 0.15) is 19.5 Å². The summed E-state index contributed by atoms with van der Waals surface area (Å²) in [6.07, 6.45) is 5.21. The molecule has 2 rings (SSSR count). The minimum Gasteiger partial charge on any atom is -0.312 e. The normalized spacial score (nSPS) is 11.0. The van der Waals surface area contributed by atoms with E-state index in [9.17, 15) is 0 Å². The van der Waals surface area contributed by atoms with E-state index < -0.39 is 0 Å². The van der Waals surface area contributed by atoms with Crippen LogP contribution in [0.5, 0.6) is 0 Å². The lowest BCUT2D eigenvalue weighted by atomic mass is 10.2. The molecule has 0 atom stereocenters. The Balaban J connectivity index is 2.33. The number of rotatable bonds is 3. The lowest BCUT2D eigenvalue weighted by Gasteiger charge is -2.08. The van der Waals surface area contributed by atoms with Gasteiger partial charge in [0.25, 0.3) is 0 Å². The highest BCUT2D eigenvalue weighted by Crippen LogP contribution is 2.13. The molecule has 16 heavy (non-hydrogen) atoms. The second-order valence-corrected chi connectivity index (χ2v) is 4.24. The maximum absolute atomic E-state index is 4.30. The van der Waals surface area contributed by atoms with E-state index in [4.69, 9.17) is 0 Å². The third kappa shape index (κ3) is 2.24. The van der Waals surface area contributed by atoms with E-state index >= 15 is 0 Å². The van der Waals surface area contributed by atoms with Gasteiger partial charge < -0.3 is 4.57 Å². The monoisotopic (exact) mass is 217 g/mol. The lowest BCUT2D eigenvalue weighted by molar-refractivity contribution is 0.525. The zero-order valence-electron chi connectivity index (χ0n) is 9.75. The molecule has 5 nitrogen and oxygen atoms in total. The summed E-state index contributed by atoms with van der Waals surface area (Å²) in [6, 6.07) is 0. The molecule has 0 bridgehead atoms. The van der Waals surface area contributed by atoms with Crippen LogP contribution in [0.15, 0.2) is 18.7 Å². The predicted molar refractivity (Wildman–Crippen MR) is 60.6 cm³/mol. The van der Waals surface area contributed by atoms with Crippen molar-refractivity contribution in [3.05, 3.63) is 24.4 Å². The van der Waals surface area contributed by atoms with Gasteiger partial charge in [0, 0.05) is 12.7 Å². The van der Waals surface area contributed by atoms with Crippen LogP contribution in [-0.2, 0) is 6.54 Å². The van der Waals surface area contributed by atoms with Crippen molar-refractivity contribution in [3.63, 3.8) is 0 Å².